The number of aryl methyl sites for hydroxylation is 2. The average Bonchev–Trinajstić information content (AvgIpc) is 3.12. The number of anilines is 1. The molecule has 1 unspecified atom stereocenters. The van der Waals surface area contributed by atoms with Gasteiger partial charge in [0.2, 0.25) is 5.88 Å². The molecule has 0 aliphatic carbocycles. The van der Waals surface area contributed by atoms with Gasteiger partial charge in [0.25, 0.3) is 5.91 Å². The number of nitrogens with zero attached hydrogens (tertiary/aromatic N) is 3. The van der Waals surface area contributed by atoms with Crippen LogP contribution in [0.15, 0.2) is 24.3 Å². The van der Waals surface area contributed by atoms with Gasteiger partial charge >= 0.3 is 12.2 Å². The van der Waals surface area contributed by atoms with E-state index >= 15 is 0 Å². The van der Waals surface area contributed by atoms with E-state index in [0.29, 0.717) is 35.3 Å². The Labute approximate surface area is 209 Å². The van der Waals surface area contributed by atoms with Crippen LogP contribution in [0.25, 0.3) is 11.0 Å². The van der Waals surface area contributed by atoms with Crippen LogP contribution in [-0.2, 0) is 13.2 Å². The van der Waals surface area contributed by atoms with Gasteiger partial charge in [0.05, 0.1) is 17.9 Å². The largest absolute Gasteiger partial charge is 0.477 e. The highest BCUT2D eigenvalue weighted by Gasteiger charge is 2.34. The summed E-state index contributed by atoms with van der Waals surface area (Å²) in [5.41, 5.74) is -0.832. The Kier molecular flexibility index (Phi) is 7.62. The zero-order valence-electron chi connectivity index (χ0n) is 20.2. The van der Waals surface area contributed by atoms with Crippen molar-refractivity contribution in [2.45, 2.75) is 44.8 Å². The van der Waals surface area contributed by atoms with Crippen LogP contribution in [0.2, 0.25) is 0 Å². The third-order valence-corrected chi connectivity index (χ3v) is 6.08. The topological polar surface area (TPSA) is 110 Å². The third kappa shape index (κ3) is 6.16. The van der Waals surface area contributed by atoms with E-state index in [0.717, 1.165) is 31.9 Å². The van der Waals surface area contributed by atoms with E-state index in [9.17, 15) is 27.2 Å². The van der Waals surface area contributed by atoms with Crippen molar-refractivity contribution in [1.82, 2.24) is 25.4 Å². The zero-order chi connectivity index (χ0) is 26.7. The first-order valence-corrected chi connectivity index (χ1v) is 11.7. The molecule has 1 aromatic carbocycles. The summed E-state index contributed by atoms with van der Waals surface area (Å²) in [5, 5.41) is 12.5. The van der Waals surface area contributed by atoms with Crippen LogP contribution in [-0.4, -0.2) is 45.9 Å². The van der Waals surface area contributed by atoms with Crippen LogP contribution in [0, 0.1) is 12.7 Å². The Morgan fingerprint density at radius 1 is 1.24 bits per heavy atom. The number of amides is 3. The van der Waals surface area contributed by atoms with Gasteiger partial charge in [-0.15, -0.1) is 0 Å². The fourth-order valence-corrected chi connectivity index (χ4v) is 4.22. The van der Waals surface area contributed by atoms with Gasteiger partial charge in [-0.25, -0.2) is 9.18 Å². The van der Waals surface area contributed by atoms with Crippen molar-refractivity contribution in [2.75, 3.05) is 18.5 Å². The molecule has 1 saturated heterocycles. The summed E-state index contributed by atoms with van der Waals surface area (Å²) >= 11 is 0. The highest BCUT2D eigenvalue weighted by atomic mass is 19.4. The highest BCUT2D eigenvalue weighted by Crippen LogP contribution is 2.33. The molecule has 3 aromatic rings. The number of nitrogens with one attached hydrogen (secondary N) is 3. The van der Waals surface area contributed by atoms with Crippen molar-refractivity contribution in [1.29, 1.82) is 0 Å². The standard InChI is InChI=1S/C24H26F4N6O3/c1-13-16-12-17(21(35)32-23(36)30-15-6-7-19(25)18(11-15)24(26,27)28)22(31-20(16)34(2)33-13)37-10-8-14-5-3-4-9-29-14/h6-7,11-12,14,29H,3-5,8-10H2,1-2H3,(H2,30,32,35,36). The molecule has 0 bridgehead atoms. The first kappa shape index (κ1) is 26.3. The Morgan fingerprint density at radius 2 is 2.03 bits per heavy atom. The van der Waals surface area contributed by atoms with Crippen LogP contribution in [0.5, 0.6) is 5.88 Å². The number of aromatic nitrogens is 3. The molecule has 2 aromatic heterocycles. The Morgan fingerprint density at radius 3 is 2.73 bits per heavy atom. The zero-order valence-corrected chi connectivity index (χ0v) is 20.2. The number of pyridine rings is 1. The molecule has 0 saturated carbocycles. The lowest BCUT2D eigenvalue weighted by molar-refractivity contribution is -0.139. The summed E-state index contributed by atoms with van der Waals surface area (Å²) in [6, 6.07) is 2.66. The van der Waals surface area contributed by atoms with Gasteiger partial charge < -0.3 is 15.4 Å². The van der Waals surface area contributed by atoms with Gasteiger partial charge in [-0.2, -0.15) is 23.3 Å². The summed E-state index contributed by atoms with van der Waals surface area (Å²) in [4.78, 5) is 29.8. The minimum Gasteiger partial charge on any atom is -0.477 e. The van der Waals surface area contributed by atoms with E-state index in [1.165, 1.54) is 6.07 Å². The number of alkyl halides is 3. The first-order chi connectivity index (χ1) is 17.5. The molecule has 3 amide bonds. The molecular formula is C24H26F4N6O3. The predicted molar refractivity (Wildman–Crippen MR) is 127 cm³/mol. The molecule has 0 radical (unpaired) electrons. The summed E-state index contributed by atoms with van der Waals surface area (Å²) in [7, 11) is 1.70. The first-order valence-electron chi connectivity index (χ1n) is 11.7. The average molecular weight is 523 g/mol. The van der Waals surface area contributed by atoms with Crippen molar-refractivity contribution >= 4 is 28.7 Å². The van der Waals surface area contributed by atoms with Crippen LogP contribution >= 0.6 is 0 Å². The van der Waals surface area contributed by atoms with E-state index in [4.69, 9.17) is 4.74 Å². The predicted octanol–water partition coefficient (Wildman–Crippen LogP) is 4.31. The van der Waals surface area contributed by atoms with E-state index in [1.807, 2.05) is 0 Å². The van der Waals surface area contributed by atoms with Gasteiger partial charge in [-0.1, -0.05) is 6.42 Å². The van der Waals surface area contributed by atoms with E-state index in [2.05, 4.69) is 26.0 Å². The second kappa shape index (κ2) is 10.7. The van der Waals surface area contributed by atoms with Gasteiger partial charge in [-0.05, 0) is 57.0 Å². The maximum Gasteiger partial charge on any atom is 0.419 e. The lowest BCUT2D eigenvalue weighted by Gasteiger charge is -2.23. The van der Waals surface area contributed by atoms with Gasteiger partial charge in [0.1, 0.15) is 11.4 Å². The number of imide groups is 1. The number of hydrogen-bond acceptors (Lipinski definition) is 6. The molecule has 13 heteroatoms. The number of carbonyl (C=O) groups is 2. The molecule has 37 heavy (non-hydrogen) atoms. The fourth-order valence-electron chi connectivity index (χ4n) is 4.22. The molecule has 3 heterocycles. The molecule has 9 nitrogen and oxygen atoms in total. The number of piperidine rings is 1. The summed E-state index contributed by atoms with van der Waals surface area (Å²) in [5.74, 6) is -2.36. The number of hydrogen-bond donors (Lipinski definition) is 3. The number of carbonyl (C=O) groups excluding carboxylic acids is 2. The van der Waals surface area contributed by atoms with Gasteiger partial charge in [0.15, 0.2) is 5.65 Å². The van der Waals surface area contributed by atoms with Crippen LogP contribution in [0.1, 0.15) is 47.3 Å². The van der Waals surface area contributed by atoms with Crippen molar-refractivity contribution in [3.63, 3.8) is 0 Å². The Balaban J connectivity index is 1.52. The minimum atomic E-state index is -4.95. The highest BCUT2D eigenvalue weighted by molar-refractivity contribution is 6.10. The molecule has 4 rings (SSSR count). The minimum absolute atomic E-state index is 0.00208. The molecule has 1 fully saturated rings. The van der Waals surface area contributed by atoms with Crippen molar-refractivity contribution in [3.05, 3.63) is 46.9 Å². The van der Waals surface area contributed by atoms with Gasteiger partial charge in [-0.3, -0.25) is 14.8 Å². The smallest absolute Gasteiger partial charge is 0.419 e. The number of ether oxygens (including phenoxy) is 1. The van der Waals surface area contributed by atoms with E-state index < -0.39 is 29.5 Å². The van der Waals surface area contributed by atoms with Crippen molar-refractivity contribution < 1.29 is 31.9 Å². The van der Waals surface area contributed by atoms with Gasteiger partial charge in [0, 0.05) is 24.2 Å². The fraction of sp³-hybridized carbons (Fsp3) is 0.417. The summed E-state index contributed by atoms with van der Waals surface area (Å²) in [6.45, 7) is 2.94. The lowest BCUT2D eigenvalue weighted by atomic mass is 10.0. The molecule has 1 aliphatic rings. The number of benzene rings is 1. The second-order valence-corrected chi connectivity index (χ2v) is 8.81. The number of rotatable bonds is 6. The molecule has 1 aliphatic heterocycles. The van der Waals surface area contributed by atoms with Crippen molar-refractivity contribution in [3.8, 4) is 5.88 Å². The van der Waals surface area contributed by atoms with Crippen molar-refractivity contribution in [2.24, 2.45) is 7.05 Å². The summed E-state index contributed by atoms with van der Waals surface area (Å²) in [6.07, 6.45) is -0.994. The Bertz CT molecular complexity index is 1320. The van der Waals surface area contributed by atoms with E-state index in [1.54, 1.807) is 18.7 Å². The third-order valence-electron chi connectivity index (χ3n) is 6.08. The maximum atomic E-state index is 13.5. The molecule has 198 valence electrons. The molecular weight excluding hydrogens is 496 g/mol. The number of halogens is 4. The number of fused-ring (bicyclic) bond motifs is 1. The lowest BCUT2D eigenvalue weighted by Crippen LogP contribution is -2.36. The SMILES string of the molecule is Cc1nn(C)c2nc(OCCC3CCCCN3)c(C(=O)NC(=O)Nc3ccc(F)c(C(F)(F)F)c3)cc12. The Hall–Kier alpha value is -3.74. The van der Waals surface area contributed by atoms with Crippen LogP contribution < -0.4 is 20.7 Å². The van der Waals surface area contributed by atoms with E-state index in [-0.39, 0.29) is 29.8 Å². The van der Waals surface area contributed by atoms with Crippen LogP contribution in [0.4, 0.5) is 28.0 Å². The quantitative estimate of drug-likeness (QED) is 0.417. The second-order valence-electron chi connectivity index (χ2n) is 8.81. The van der Waals surface area contributed by atoms with Crippen LogP contribution in [0.3, 0.4) is 0 Å². The molecule has 1 atom stereocenters. The molecule has 3 N–H and O–H groups in total. The normalized spacial score (nSPS) is 16.0. The monoisotopic (exact) mass is 522 g/mol. The maximum absolute atomic E-state index is 13.5. The number of urea groups is 1. The molecule has 0 spiro atoms. The summed E-state index contributed by atoms with van der Waals surface area (Å²) < 4.78 is 59.8.